The van der Waals surface area contributed by atoms with Crippen LogP contribution in [0.25, 0.3) is 0 Å². The molecule has 1 heterocycles. The fraction of sp³-hybridized carbons (Fsp3) is 0.643. The van der Waals surface area contributed by atoms with Crippen molar-refractivity contribution in [2.24, 2.45) is 0 Å². The minimum absolute atomic E-state index is 0.0398. The Balaban J connectivity index is 3.59. The topological polar surface area (TPSA) is 32.9 Å². The smallest absolute Gasteiger partial charge is 0.251 e. The van der Waals surface area contributed by atoms with Crippen LogP contribution < -0.4 is 5.56 Å². The van der Waals surface area contributed by atoms with Crippen LogP contribution in [0.2, 0.25) is 0 Å². The molecule has 16 heavy (non-hydrogen) atoms. The molecule has 0 saturated heterocycles. The predicted molar refractivity (Wildman–Crippen MR) is 69.2 cm³/mol. The minimum atomic E-state index is -0.112. The number of hydrogen-bond acceptors (Lipinski definition) is 1. The van der Waals surface area contributed by atoms with Crippen molar-refractivity contribution in [2.45, 2.75) is 59.3 Å². The first-order valence-corrected chi connectivity index (χ1v) is 5.78. The first-order chi connectivity index (χ1) is 7.05. The Labute approximate surface area is 98.1 Å². The molecule has 90 valence electrons. The quantitative estimate of drug-likeness (QED) is 0.716. The van der Waals surface area contributed by atoms with E-state index in [1.54, 1.807) is 0 Å². The van der Waals surface area contributed by atoms with Crippen LogP contribution in [-0.4, -0.2) is 4.98 Å². The van der Waals surface area contributed by atoms with Crippen LogP contribution in [0.5, 0.6) is 0 Å². The number of rotatable bonds is 0. The van der Waals surface area contributed by atoms with E-state index < -0.39 is 0 Å². The van der Waals surface area contributed by atoms with E-state index in [1.165, 1.54) is 5.56 Å². The van der Waals surface area contributed by atoms with Crippen molar-refractivity contribution in [2.75, 3.05) is 0 Å². The lowest BCUT2D eigenvalue weighted by Crippen LogP contribution is -2.29. The molecule has 0 fully saturated rings. The summed E-state index contributed by atoms with van der Waals surface area (Å²) < 4.78 is 0. The van der Waals surface area contributed by atoms with Crippen LogP contribution >= 0.6 is 0 Å². The third kappa shape index (κ3) is 2.37. The maximum absolute atomic E-state index is 11.9. The summed E-state index contributed by atoms with van der Waals surface area (Å²) in [5, 5.41) is 0. The Morgan fingerprint density at radius 2 is 1.50 bits per heavy atom. The van der Waals surface area contributed by atoms with Gasteiger partial charge in [0.2, 0.25) is 0 Å². The molecule has 1 aromatic rings. The Morgan fingerprint density at radius 1 is 1.00 bits per heavy atom. The molecular weight excluding hydrogens is 198 g/mol. The van der Waals surface area contributed by atoms with Gasteiger partial charge in [0.15, 0.2) is 0 Å². The van der Waals surface area contributed by atoms with E-state index in [2.05, 4.69) is 53.5 Å². The van der Waals surface area contributed by atoms with Crippen molar-refractivity contribution in [3.8, 4) is 0 Å². The van der Waals surface area contributed by atoms with E-state index in [4.69, 9.17) is 0 Å². The van der Waals surface area contributed by atoms with Gasteiger partial charge in [0.05, 0.1) is 0 Å². The zero-order valence-electron chi connectivity index (χ0n) is 11.5. The Kier molecular flexibility index (Phi) is 3.06. The molecule has 1 aromatic heterocycles. The van der Waals surface area contributed by atoms with Crippen molar-refractivity contribution in [1.29, 1.82) is 0 Å². The predicted octanol–water partition coefficient (Wildman–Crippen LogP) is 3.28. The van der Waals surface area contributed by atoms with E-state index in [9.17, 15) is 4.79 Å². The second kappa shape index (κ2) is 3.76. The van der Waals surface area contributed by atoms with Gasteiger partial charge in [0.25, 0.3) is 5.56 Å². The fourth-order valence-corrected chi connectivity index (χ4v) is 2.31. The second-order valence-corrected chi connectivity index (χ2v) is 6.53. The molecule has 0 radical (unpaired) electrons. The molecule has 0 bridgehead atoms. The van der Waals surface area contributed by atoms with Crippen molar-refractivity contribution >= 4 is 0 Å². The van der Waals surface area contributed by atoms with E-state index in [0.29, 0.717) is 0 Å². The molecule has 0 aromatic carbocycles. The summed E-state index contributed by atoms with van der Waals surface area (Å²) in [7, 11) is 0. The molecule has 2 nitrogen and oxygen atoms in total. The van der Waals surface area contributed by atoms with Gasteiger partial charge in [-0.1, -0.05) is 41.5 Å². The third-order valence-corrected chi connectivity index (χ3v) is 2.91. The normalized spacial score (nSPS) is 12.9. The summed E-state index contributed by atoms with van der Waals surface area (Å²) in [5.41, 5.74) is 3.24. The van der Waals surface area contributed by atoms with Gasteiger partial charge in [-0.25, -0.2) is 0 Å². The van der Waals surface area contributed by atoms with Gasteiger partial charge < -0.3 is 4.98 Å². The van der Waals surface area contributed by atoms with Crippen LogP contribution in [0.1, 0.15) is 58.2 Å². The van der Waals surface area contributed by atoms with E-state index in [-0.39, 0.29) is 16.4 Å². The van der Waals surface area contributed by atoms with Crippen LogP contribution in [0.15, 0.2) is 11.0 Å². The van der Waals surface area contributed by atoms with Crippen molar-refractivity contribution in [1.82, 2.24) is 4.98 Å². The Hall–Kier alpha value is -1.05. The third-order valence-electron chi connectivity index (χ3n) is 2.91. The first-order valence-electron chi connectivity index (χ1n) is 5.78. The van der Waals surface area contributed by atoms with Gasteiger partial charge >= 0.3 is 0 Å². The van der Waals surface area contributed by atoms with Gasteiger partial charge in [-0.05, 0) is 28.9 Å². The van der Waals surface area contributed by atoms with Crippen LogP contribution in [0, 0.1) is 6.92 Å². The van der Waals surface area contributed by atoms with E-state index >= 15 is 0 Å². The summed E-state index contributed by atoms with van der Waals surface area (Å²) in [4.78, 5) is 14.8. The summed E-state index contributed by atoms with van der Waals surface area (Å²) in [6.07, 6.45) is 1.85. The highest BCUT2D eigenvalue weighted by molar-refractivity contribution is 5.38. The summed E-state index contributed by atoms with van der Waals surface area (Å²) in [6.45, 7) is 14.8. The molecule has 1 rings (SSSR count). The molecule has 0 atom stereocenters. The van der Waals surface area contributed by atoms with Crippen molar-refractivity contribution in [3.05, 3.63) is 33.2 Å². The van der Waals surface area contributed by atoms with Crippen LogP contribution in [-0.2, 0) is 10.8 Å². The average Bonchev–Trinajstić information content (AvgIpc) is 1.97. The monoisotopic (exact) mass is 221 g/mol. The summed E-state index contributed by atoms with van der Waals surface area (Å²) >= 11 is 0. The molecule has 0 unspecified atom stereocenters. The second-order valence-electron chi connectivity index (χ2n) is 6.53. The molecule has 0 aliphatic heterocycles. The molecular formula is C14H23NO. The van der Waals surface area contributed by atoms with Crippen LogP contribution in [0.3, 0.4) is 0 Å². The first kappa shape index (κ1) is 13.0. The Bertz CT molecular complexity index is 441. The number of H-pyrrole nitrogens is 1. The fourth-order valence-electron chi connectivity index (χ4n) is 2.31. The Morgan fingerprint density at radius 3 is 1.88 bits per heavy atom. The van der Waals surface area contributed by atoms with Crippen molar-refractivity contribution < 1.29 is 0 Å². The molecule has 0 aliphatic rings. The largest absolute Gasteiger partial charge is 0.329 e. The number of pyridine rings is 1. The number of aromatic nitrogens is 1. The van der Waals surface area contributed by atoms with Gasteiger partial charge in [0.1, 0.15) is 0 Å². The highest BCUT2D eigenvalue weighted by Crippen LogP contribution is 2.30. The standard InChI is InChI=1S/C14H23NO/c1-9-10(13(2,3)4)8-15-12(16)11(9)14(5,6)7/h8H,1-7H3,(H,15,16). The highest BCUT2D eigenvalue weighted by Gasteiger charge is 2.25. The van der Waals surface area contributed by atoms with E-state index in [1.807, 2.05) is 6.20 Å². The summed E-state index contributed by atoms with van der Waals surface area (Å²) in [5.74, 6) is 0. The molecule has 0 amide bonds. The average molecular weight is 221 g/mol. The van der Waals surface area contributed by atoms with E-state index in [0.717, 1.165) is 11.1 Å². The maximum atomic E-state index is 11.9. The zero-order chi connectivity index (χ0) is 12.7. The van der Waals surface area contributed by atoms with Gasteiger partial charge in [0, 0.05) is 11.8 Å². The number of aromatic amines is 1. The van der Waals surface area contributed by atoms with Gasteiger partial charge in [-0.3, -0.25) is 4.79 Å². The molecule has 0 saturated carbocycles. The van der Waals surface area contributed by atoms with Gasteiger partial charge in [-0.2, -0.15) is 0 Å². The zero-order valence-corrected chi connectivity index (χ0v) is 11.5. The highest BCUT2D eigenvalue weighted by atomic mass is 16.1. The molecule has 0 aliphatic carbocycles. The SMILES string of the molecule is Cc1c(C(C)(C)C)c[nH]c(=O)c1C(C)(C)C. The molecule has 0 spiro atoms. The minimum Gasteiger partial charge on any atom is -0.329 e. The maximum Gasteiger partial charge on any atom is 0.251 e. The van der Waals surface area contributed by atoms with Crippen LogP contribution in [0.4, 0.5) is 0 Å². The van der Waals surface area contributed by atoms with Crippen molar-refractivity contribution in [3.63, 3.8) is 0 Å². The lowest BCUT2D eigenvalue weighted by molar-refractivity contribution is 0.551. The summed E-state index contributed by atoms with van der Waals surface area (Å²) in [6, 6.07) is 0. The number of nitrogens with one attached hydrogen (secondary N) is 1. The lowest BCUT2D eigenvalue weighted by Gasteiger charge is -2.27. The number of hydrogen-bond donors (Lipinski definition) is 1. The lowest BCUT2D eigenvalue weighted by atomic mass is 9.78. The van der Waals surface area contributed by atoms with Gasteiger partial charge in [-0.15, -0.1) is 0 Å². The molecule has 2 heteroatoms. The molecule has 1 N–H and O–H groups in total.